The van der Waals surface area contributed by atoms with Crippen LogP contribution in [0.1, 0.15) is 27.4 Å². The highest BCUT2D eigenvalue weighted by Crippen LogP contribution is 2.19. The molecular weight excluding hydrogens is 306 g/mol. The van der Waals surface area contributed by atoms with Gasteiger partial charge in [-0.15, -0.1) is 0 Å². The van der Waals surface area contributed by atoms with E-state index in [1.807, 2.05) is 43.0 Å². The Kier molecular flexibility index (Phi) is 4.85. The van der Waals surface area contributed by atoms with E-state index in [4.69, 9.17) is 9.26 Å². The molecule has 1 fully saturated rings. The molecule has 2 aromatic rings. The van der Waals surface area contributed by atoms with E-state index in [0.717, 1.165) is 43.2 Å². The molecule has 0 radical (unpaired) electrons. The van der Waals surface area contributed by atoms with Crippen LogP contribution in [0.15, 0.2) is 28.8 Å². The number of nitrogens with zero attached hydrogens (tertiary/aromatic N) is 2. The molecule has 0 saturated carbocycles. The van der Waals surface area contributed by atoms with Crippen molar-refractivity contribution >= 4 is 5.91 Å². The van der Waals surface area contributed by atoms with Crippen molar-refractivity contribution in [2.24, 2.45) is 0 Å². The van der Waals surface area contributed by atoms with Gasteiger partial charge < -0.3 is 19.1 Å². The third-order valence-electron chi connectivity index (χ3n) is 4.55. The smallest absolute Gasteiger partial charge is 0.254 e. The van der Waals surface area contributed by atoms with Crippen molar-refractivity contribution in [2.75, 3.05) is 33.2 Å². The largest absolute Gasteiger partial charge is 0.489 e. The van der Waals surface area contributed by atoms with Gasteiger partial charge in [0.05, 0.1) is 44.5 Å². The first kappa shape index (κ1) is 16.5. The molecule has 1 N–H and O–H groups in total. The Morgan fingerprint density at radius 1 is 1.33 bits per heavy atom. The average Bonchev–Trinajstić information content (AvgIpc) is 2.91. The summed E-state index contributed by atoms with van der Waals surface area (Å²) in [5.74, 6) is 1.52. The zero-order valence-corrected chi connectivity index (χ0v) is 14.5. The standard InChI is InChI=1S/C18H23N3O3/c1-13-17(14(2)24-19-13)12-23-16-6-4-5-15(11-16)18(22)21-9-7-20(3)8-10-21/h4-6,11H,7-10,12H2,1-3H3/p+1. The van der Waals surface area contributed by atoms with Gasteiger partial charge in [0.1, 0.15) is 18.1 Å². The van der Waals surface area contributed by atoms with Crippen LogP contribution in [0.2, 0.25) is 0 Å². The summed E-state index contributed by atoms with van der Waals surface area (Å²) < 4.78 is 11.0. The Hall–Kier alpha value is -2.34. The van der Waals surface area contributed by atoms with Crippen LogP contribution in [0.4, 0.5) is 0 Å². The molecule has 0 spiro atoms. The fraction of sp³-hybridized carbons (Fsp3) is 0.444. The SMILES string of the molecule is Cc1noc(C)c1COc1cccc(C(=O)N2CC[NH+](C)CC2)c1. The number of rotatable bonds is 4. The second kappa shape index (κ2) is 7.05. The molecule has 0 aliphatic carbocycles. The number of amides is 1. The lowest BCUT2D eigenvalue weighted by molar-refractivity contribution is -0.883. The lowest BCUT2D eigenvalue weighted by Gasteiger charge is -2.30. The first-order chi connectivity index (χ1) is 11.5. The number of ether oxygens (including phenoxy) is 1. The number of likely N-dealkylation sites (N-methyl/N-ethyl adjacent to an activating group) is 1. The molecule has 24 heavy (non-hydrogen) atoms. The van der Waals surface area contributed by atoms with E-state index < -0.39 is 0 Å². The van der Waals surface area contributed by atoms with Crippen molar-refractivity contribution in [2.45, 2.75) is 20.5 Å². The third kappa shape index (κ3) is 3.59. The summed E-state index contributed by atoms with van der Waals surface area (Å²) in [4.78, 5) is 16.0. The first-order valence-corrected chi connectivity index (χ1v) is 8.30. The van der Waals surface area contributed by atoms with Gasteiger partial charge in [-0.3, -0.25) is 4.79 Å². The monoisotopic (exact) mass is 330 g/mol. The molecule has 1 saturated heterocycles. The van der Waals surface area contributed by atoms with Crippen LogP contribution in [-0.2, 0) is 6.61 Å². The molecule has 2 heterocycles. The summed E-state index contributed by atoms with van der Waals surface area (Å²) in [7, 11) is 2.16. The van der Waals surface area contributed by atoms with Crippen molar-refractivity contribution in [3.63, 3.8) is 0 Å². The predicted molar refractivity (Wildman–Crippen MR) is 89.3 cm³/mol. The van der Waals surface area contributed by atoms with E-state index >= 15 is 0 Å². The number of carbonyl (C=O) groups excluding carboxylic acids is 1. The average molecular weight is 330 g/mol. The molecule has 3 rings (SSSR count). The van der Waals surface area contributed by atoms with Crippen LogP contribution in [-0.4, -0.2) is 49.2 Å². The molecular formula is C18H24N3O3+. The normalized spacial score (nSPS) is 15.5. The molecule has 1 aliphatic rings. The summed E-state index contributed by atoms with van der Waals surface area (Å²) in [6.45, 7) is 7.74. The van der Waals surface area contributed by atoms with Crippen molar-refractivity contribution in [3.8, 4) is 5.75 Å². The molecule has 0 bridgehead atoms. The molecule has 1 aliphatic heterocycles. The Morgan fingerprint density at radius 2 is 2.08 bits per heavy atom. The number of piperazine rings is 1. The van der Waals surface area contributed by atoms with Gasteiger partial charge in [0, 0.05) is 5.56 Å². The van der Waals surface area contributed by atoms with Crippen LogP contribution in [0, 0.1) is 13.8 Å². The molecule has 6 nitrogen and oxygen atoms in total. The molecule has 1 aromatic carbocycles. The number of carbonyl (C=O) groups is 1. The highest BCUT2D eigenvalue weighted by atomic mass is 16.5. The number of hydrogen-bond acceptors (Lipinski definition) is 4. The minimum Gasteiger partial charge on any atom is -0.489 e. The van der Waals surface area contributed by atoms with E-state index in [9.17, 15) is 4.79 Å². The van der Waals surface area contributed by atoms with Crippen LogP contribution in [0.3, 0.4) is 0 Å². The first-order valence-electron chi connectivity index (χ1n) is 8.30. The Bertz CT molecular complexity index is 699. The summed E-state index contributed by atoms with van der Waals surface area (Å²) in [6.07, 6.45) is 0. The van der Waals surface area contributed by atoms with Gasteiger partial charge in [0.15, 0.2) is 0 Å². The summed E-state index contributed by atoms with van der Waals surface area (Å²) >= 11 is 0. The maximum absolute atomic E-state index is 12.6. The Morgan fingerprint density at radius 3 is 2.75 bits per heavy atom. The van der Waals surface area contributed by atoms with Gasteiger partial charge >= 0.3 is 0 Å². The number of nitrogens with one attached hydrogen (secondary N) is 1. The second-order valence-corrected chi connectivity index (χ2v) is 6.37. The maximum atomic E-state index is 12.6. The zero-order valence-electron chi connectivity index (χ0n) is 14.5. The van der Waals surface area contributed by atoms with Crippen molar-refractivity contribution in [3.05, 3.63) is 46.8 Å². The highest BCUT2D eigenvalue weighted by Gasteiger charge is 2.22. The van der Waals surface area contributed by atoms with Crippen LogP contribution in [0.25, 0.3) is 0 Å². The minimum absolute atomic E-state index is 0.0743. The Labute approximate surface area is 142 Å². The molecule has 128 valence electrons. The van der Waals surface area contributed by atoms with Gasteiger partial charge in [-0.25, -0.2) is 0 Å². The number of quaternary nitrogens is 1. The van der Waals surface area contributed by atoms with Gasteiger partial charge in [-0.2, -0.15) is 0 Å². The number of aromatic nitrogens is 1. The van der Waals surface area contributed by atoms with Crippen LogP contribution >= 0.6 is 0 Å². The summed E-state index contributed by atoms with van der Waals surface area (Å²) in [6, 6.07) is 7.38. The van der Waals surface area contributed by atoms with E-state index in [1.54, 1.807) is 0 Å². The van der Waals surface area contributed by atoms with Crippen LogP contribution < -0.4 is 9.64 Å². The minimum atomic E-state index is 0.0743. The van der Waals surface area contributed by atoms with E-state index in [2.05, 4.69) is 12.2 Å². The lowest BCUT2D eigenvalue weighted by atomic mass is 10.1. The van der Waals surface area contributed by atoms with Crippen LogP contribution in [0.5, 0.6) is 5.75 Å². The number of benzene rings is 1. The quantitative estimate of drug-likeness (QED) is 0.903. The van der Waals surface area contributed by atoms with Gasteiger partial charge in [0.2, 0.25) is 0 Å². The Balaban J connectivity index is 1.66. The van der Waals surface area contributed by atoms with E-state index in [0.29, 0.717) is 17.9 Å². The van der Waals surface area contributed by atoms with Gasteiger partial charge in [-0.1, -0.05) is 11.2 Å². The number of hydrogen-bond donors (Lipinski definition) is 1. The molecule has 1 amide bonds. The van der Waals surface area contributed by atoms with E-state index in [-0.39, 0.29) is 5.91 Å². The molecule has 1 aromatic heterocycles. The molecule has 0 atom stereocenters. The van der Waals surface area contributed by atoms with Crippen molar-refractivity contribution in [1.29, 1.82) is 0 Å². The zero-order chi connectivity index (χ0) is 17.1. The fourth-order valence-corrected chi connectivity index (χ4v) is 2.86. The topological polar surface area (TPSA) is 60.0 Å². The predicted octanol–water partition coefficient (Wildman–Crippen LogP) is 0.841. The van der Waals surface area contributed by atoms with E-state index in [1.165, 1.54) is 4.90 Å². The third-order valence-corrected chi connectivity index (χ3v) is 4.55. The van der Waals surface area contributed by atoms with Crippen molar-refractivity contribution in [1.82, 2.24) is 10.1 Å². The molecule has 0 unspecified atom stereocenters. The van der Waals surface area contributed by atoms with Crippen molar-refractivity contribution < 1.29 is 19.0 Å². The summed E-state index contributed by atoms with van der Waals surface area (Å²) in [5, 5.41) is 3.92. The maximum Gasteiger partial charge on any atom is 0.254 e. The highest BCUT2D eigenvalue weighted by molar-refractivity contribution is 5.94. The van der Waals surface area contributed by atoms with Gasteiger partial charge in [-0.05, 0) is 32.0 Å². The second-order valence-electron chi connectivity index (χ2n) is 6.37. The fourth-order valence-electron chi connectivity index (χ4n) is 2.86. The lowest BCUT2D eigenvalue weighted by Crippen LogP contribution is -3.12. The summed E-state index contributed by atoms with van der Waals surface area (Å²) in [5.41, 5.74) is 2.46. The number of aryl methyl sites for hydroxylation is 2. The van der Waals surface area contributed by atoms with Gasteiger partial charge in [0.25, 0.3) is 5.91 Å². The molecule has 6 heteroatoms.